The number of para-hydroxylation sites is 1. The van der Waals surface area contributed by atoms with Crippen LogP contribution in [-0.4, -0.2) is 58.7 Å². The molecule has 196 valence electrons. The van der Waals surface area contributed by atoms with Crippen molar-refractivity contribution in [2.24, 2.45) is 0 Å². The lowest BCUT2D eigenvalue weighted by Gasteiger charge is -2.20. The van der Waals surface area contributed by atoms with Gasteiger partial charge in [-0.2, -0.15) is 0 Å². The van der Waals surface area contributed by atoms with Gasteiger partial charge in [-0.1, -0.05) is 35.9 Å². The summed E-state index contributed by atoms with van der Waals surface area (Å²) in [7, 11) is -1.29. The predicted octanol–water partition coefficient (Wildman–Crippen LogP) is 4.17. The summed E-state index contributed by atoms with van der Waals surface area (Å²) < 4.78 is 60.1. The number of aryl methyl sites for hydroxylation is 2. The molecule has 0 saturated carbocycles. The third kappa shape index (κ3) is 5.55. The fourth-order valence-electron chi connectivity index (χ4n) is 4.27. The molecule has 1 amide bonds. The Morgan fingerprint density at radius 1 is 0.973 bits per heavy atom. The number of likely N-dealkylation sites (tertiary alicyclic amines) is 1. The number of benzene rings is 3. The van der Waals surface area contributed by atoms with Crippen LogP contribution in [0.2, 0.25) is 0 Å². The quantitative estimate of drug-likeness (QED) is 0.472. The molecular formula is C27H29FN2O6S. The van der Waals surface area contributed by atoms with E-state index in [1.165, 1.54) is 44.6 Å². The Morgan fingerprint density at radius 2 is 1.68 bits per heavy atom. The van der Waals surface area contributed by atoms with Crippen molar-refractivity contribution in [3.05, 3.63) is 83.2 Å². The number of rotatable bonds is 8. The summed E-state index contributed by atoms with van der Waals surface area (Å²) in [5, 5.41) is 0. The molecule has 0 spiro atoms. The monoisotopic (exact) mass is 528 g/mol. The lowest BCUT2D eigenvalue weighted by atomic mass is 10.0. The molecule has 1 N–H and O–H groups in total. The van der Waals surface area contributed by atoms with E-state index in [4.69, 9.17) is 14.2 Å². The maximum Gasteiger partial charge on any atom is 0.265 e. The van der Waals surface area contributed by atoms with Gasteiger partial charge in [-0.05, 0) is 49.7 Å². The van der Waals surface area contributed by atoms with Gasteiger partial charge in [-0.25, -0.2) is 12.8 Å². The molecule has 1 aliphatic heterocycles. The van der Waals surface area contributed by atoms with E-state index in [0.29, 0.717) is 5.56 Å². The molecule has 37 heavy (non-hydrogen) atoms. The van der Waals surface area contributed by atoms with E-state index >= 15 is 4.39 Å². The molecule has 2 unspecified atom stereocenters. The lowest BCUT2D eigenvalue weighted by Crippen LogP contribution is -2.32. The van der Waals surface area contributed by atoms with Crippen LogP contribution in [0.1, 0.15) is 21.5 Å². The Balaban J connectivity index is 1.54. The first-order valence-electron chi connectivity index (χ1n) is 11.6. The largest absolute Gasteiger partial charge is 0.495 e. The number of hydrogen-bond donors (Lipinski definition) is 1. The SMILES string of the molecule is COc1ccccc1S(=O)(=O)Nc1cccc(OC2CN(C(=O)c3cc(C)ccc3C)CC2OC)c1F. The maximum atomic E-state index is 15.4. The van der Waals surface area contributed by atoms with Gasteiger partial charge in [0.1, 0.15) is 22.9 Å². The van der Waals surface area contributed by atoms with Crippen LogP contribution in [0.3, 0.4) is 0 Å². The average Bonchev–Trinajstić information content (AvgIpc) is 3.30. The van der Waals surface area contributed by atoms with Crippen LogP contribution in [0, 0.1) is 19.7 Å². The van der Waals surface area contributed by atoms with E-state index in [1.807, 2.05) is 32.0 Å². The van der Waals surface area contributed by atoms with Crippen molar-refractivity contribution >= 4 is 21.6 Å². The molecule has 3 aromatic rings. The van der Waals surface area contributed by atoms with Crippen LogP contribution in [-0.2, 0) is 14.8 Å². The third-order valence-corrected chi connectivity index (χ3v) is 7.68. The van der Waals surface area contributed by atoms with Crippen LogP contribution in [0.5, 0.6) is 11.5 Å². The molecule has 10 heteroatoms. The molecule has 0 bridgehead atoms. The van der Waals surface area contributed by atoms with Crippen molar-refractivity contribution < 1.29 is 31.8 Å². The Labute approximate surface area is 216 Å². The zero-order valence-corrected chi connectivity index (χ0v) is 21.8. The molecular weight excluding hydrogens is 499 g/mol. The Kier molecular flexibility index (Phi) is 7.70. The molecule has 1 fully saturated rings. The van der Waals surface area contributed by atoms with E-state index in [0.717, 1.165) is 11.1 Å². The summed E-state index contributed by atoms with van der Waals surface area (Å²) >= 11 is 0. The minimum Gasteiger partial charge on any atom is -0.495 e. The average molecular weight is 529 g/mol. The minimum absolute atomic E-state index is 0.126. The number of anilines is 1. The molecule has 4 rings (SSSR count). The van der Waals surface area contributed by atoms with E-state index in [1.54, 1.807) is 17.0 Å². The van der Waals surface area contributed by atoms with Crippen LogP contribution in [0.4, 0.5) is 10.1 Å². The zero-order valence-electron chi connectivity index (χ0n) is 21.0. The molecule has 8 nitrogen and oxygen atoms in total. The molecule has 1 heterocycles. The molecule has 0 aromatic heterocycles. The van der Waals surface area contributed by atoms with E-state index in [-0.39, 0.29) is 41.1 Å². The molecule has 0 aliphatic carbocycles. The number of nitrogens with zero attached hydrogens (tertiary/aromatic N) is 1. The fraction of sp³-hybridized carbons (Fsp3) is 0.296. The molecule has 1 saturated heterocycles. The fourth-order valence-corrected chi connectivity index (χ4v) is 5.50. The van der Waals surface area contributed by atoms with Crippen molar-refractivity contribution in [2.75, 3.05) is 32.0 Å². The molecule has 2 atom stereocenters. The number of hydrogen-bond acceptors (Lipinski definition) is 6. The first-order chi connectivity index (χ1) is 17.6. The van der Waals surface area contributed by atoms with Crippen LogP contribution in [0.25, 0.3) is 0 Å². The zero-order chi connectivity index (χ0) is 26.7. The highest BCUT2D eigenvalue weighted by Gasteiger charge is 2.38. The number of amides is 1. The summed E-state index contributed by atoms with van der Waals surface area (Å²) in [5.74, 6) is -1.07. The van der Waals surface area contributed by atoms with Gasteiger partial charge in [0, 0.05) is 12.7 Å². The highest BCUT2D eigenvalue weighted by Crippen LogP contribution is 2.31. The van der Waals surface area contributed by atoms with Crippen LogP contribution >= 0.6 is 0 Å². The highest BCUT2D eigenvalue weighted by atomic mass is 32.2. The summed E-state index contributed by atoms with van der Waals surface area (Å²) in [6.07, 6.45) is -1.16. The third-order valence-electron chi connectivity index (χ3n) is 6.27. The molecule has 0 radical (unpaired) electrons. The van der Waals surface area contributed by atoms with Gasteiger partial charge in [0.2, 0.25) is 0 Å². The number of ether oxygens (including phenoxy) is 3. The number of sulfonamides is 1. The molecule has 3 aromatic carbocycles. The van der Waals surface area contributed by atoms with Crippen molar-refractivity contribution in [3.63, 3.8) is 0 Å². The van der Waals surface area contributed by atoms with Gasteiger partial charge in [0.15, 0.2) is 11.6 Å². The number of carbonyl (C=O) groups excluding carboxylic acids is 1. The summed E-state index contributed by atoms with van der Waals surface area (Å²) in [5.41, 5.74) is 2.14. The lowest BCUT2D eigenvalue weighted by molar-refractivity contribution is 0.0323. The normalized spacial score (nSPS) is 17.5. The van der Waals surface area contributed by atoms with Gasteiger partial charge >= 0.3 is 0 Å². The Morgan fingerprint density at radius 3 is 2.41 bits per heavy atom. The molecule has 1 aliphatic rings. The standard InChI is InChI=1S/C27H29FN2O6S/c1-17-12-13-18(2)19(14-17)27(31)30-15-23(35-4)24(16-30)36-22-10-7-8-20(26(22)28)29-37(32,33)25-11-6-5-9-21(25)34-3/h5-14,23-24,29H,15-16H2,1-4H3. The number of halogens is 1. The van der Waals surface area contributed by atoms with Crippen LogP contribution < -0.4 is 14.2 Å². The van der Waals surface area contributed by atoms with Crippen LogP contribution in [0.15, 0.2) is 65.6 Å². The van der Waals surface area contributed by atoms with Crippen molar-refractivity contribution in [1.29, 1.82) is 0 Å². The summed E-state index contributed by atoms with van der Waals surface area (Å²) in [6.45, 7) is 4.25. The van der Waals surface area contributed by atoms with Gasteiger partial charge in [-0.3, -0.25) is 9.52 Å². The van der Waals surface area contributed by atoms with Crippen molar-refractivity contribution in [2.45, 2.75) is 31.0 Å². The highest BCUT2D eigenvalue weighted by molar-refractivity contribution is 7.92. The van der Waals surface area contributed by atoms with E-state index in [2.05, 4.69) is 4.72 Å². The van der Waals surface area contributed by atoms with Gasteiger partial charge in [0.05, 0.1) is 25.9 Å². The smallest absolute Gasteiger partial charge is 0.265 e. The maximum absolute atomic E-state index is 15.4. The predicted molar refractivity (Wildman–Crippen MR) is 137 cm³/mol. The second-order valence-corrected chi connectivity index (χ2v) is 10.5. The first kappa shape index (κ1) is 26.4. The second kappa shape index (κ2) is 10.8. The topological polar surface area (TPSA) is 94.2 Å². The second-order valence-electron chi connectivity index (χ2n) is 8.83. The van der Waals surface area contributed by atoms with Gasteiger partial charge < -0.3 is 19.1 Å². The number of methoxy groups -OCH3 is 2. The van der Waals surface area contributed by atoms with Gasteiger partial charge in [-0.15, -0.1) is 0 Å². The summed E-state index contributed by atoms with van der Waals surface area (Å²) in [4.78, 5) is 14.7. The number of carbonyl (C=O) groups is 1. The van der Waals surface area contributed by atoms with Crippen molar-refractivity contribution in [3.8, 4) is 11.5 Å². The first-order valence-corrected chi connectivity index (χ1v) is 13.1. The van der Waals surface area contributed by atoms with Crippen molar-refractivity contribution in [1.82, 2.24) is 4.90 Å². The number of nitrogens with one attached hydrogen (secondary N) is 1. The minimum atomic E-state index is -4.14. The summed E-state index contributed by atoms with van der Waals surface area (Å²) in [6, 6.07) is 15.9. The van der Waals surface area contributed by atoms with E-state index in [9.17, 15) is 13.2 Å². The Bertz CT molecular complexity index is 1410. The van der Waals surface area contributed by atoms with E-state index < -0.39 is 28.0 Å². The Hall–Kier alpha value is -3.63. The van der Waals surface area contributed by atoms with Gasteiger partial charge in [0.25, 0.3) is 15.9 Å².